The number of nitrogens with zero attached hydrogens (tertiary/aromatic N) is 1. The Morgan fingerprint density at radius 2 is 2.00 bits per heavy atom. The lowest BCUT2D eigenvalue weighted by atomic mass is 9.88. The van der Waals surface area contributed by atoms with Crippen molar-refractivity contribution in [2.75, 3.05) is 18.0 Å². The van der Waals surface area contributed by atoms with E-state index in [1.807, 2.05) is 0 Å². The van der Waals surface area contributed by atoms with E-state index in [2.05, 4.69) is 36.1 Å². The molecule has 0 saturated heterocycles. The first-order valence-corrected chi connectivity index (χ1v) is 8.15. The quantitative estimate of drug-likeness (QED) is 0.867. The van der Waals surface area contributed by atoms with Crippen LogP contribution in [0.25, 0.3) is 0 Å². The lowest BCUT2D eigenvalue weighted by Gasteiger charge is -2.31. The van der Waals surface area contributed by atoms with Crippen LogP contribution >= 0.6 is 0 Å². The summed E-state index contributed by atoms with van der Waals surface area (Å²) in [5.41, 5.74) is 2.42. The van der Waals surface area contributed by atoms with Crippen LogP contribution in [-0.4, -0.2) is 24.2 Å². The molecule has 0 radical (unpaired) electrons. The van der Waals surface area contributed by atoms with Gasteiger partial charge in [-0.2, -0.15) is 0 Å². The van der Waals surface area contributed by atoms with Gasteiger partial charge < -0.3 is 10.0 Å². The molecule has 0 spiro atoms. The lowest BCUT2D eigenvalue weighted by molar-refractivity contribution is -0.136. The van der Waals surface area contributed by atoms with Gasteiger partial charge in [0.2, 0.25) is 0 Å². The zero-order valence-electron chi connectivity index (χ0n) is 12.8. The van der Waals surface area contributed by atoms with Crippen molar-refractivity contribution in [2.24, 2.45) is 17.8 Å². The number of anilines is 1. The summed E-state index contributed by atoms with van der Waals surface area (Å²) in [6, 6.07) is 8.49. The molecule has 1 aromatic carbocycles. The fraction of sp³-hybridized carbons (Fsp3) is 0.611. The Balaban J connectivity index is 1.69. The summed E-state index contributed by atoms with van der Waals surface area (Å²) in [7, 11) is 0. The van der Waals surface area contributed by atoms with Gasteiger partial charge >= 0.3 is 5.97 Å². The van der Waals surface area contributed by atoms with Crippen LogP contribution in [0.4, 0.5) is 5.69 Å². The van der Waals surface area contributed by atoms with Gasteiger partial charge in [-0.15, -0.1) is 0 Å². The Labute approximate surface area is 127 Å². The number of carboxylic acids is 1. The Bertz CT molecular complexity index is 496. The van der Waals surface area contributed by atoms with E-state index in [-0.39, 0.29) is 6.42 Å². The van der Waals surface area contributed by atoms with Gasteiger partial charge in [-0.05, 0) is 56.1 Å². The van der Waals surface area contributed by atoms with Crippen LogP contribution in [0, 0.1) is 24.7 Å². The third-order valence-electron chi connectivity index (χ3n) is 5.33. The fourth-order valence-corrected chi connectivity index (χ4v) is 4.20. The second-order valence-corrected chi connectivity index (χ2v) is 6.86. The highest BCUT2D eigenvalue weighted by Gasteiger charge is 2.39. The molecule has 3 rings (SSSR count). The van der Waals surface area contributed by atoms with Gasteiger partial charge in [0.1, 0.15) is 0 Å². The number of hydrogen-bond donors (Lipinski definition) is 1. The molecule has 2 aliphatic rings. The van der Waals surface area contributed by atoms with Crippen molar-refractivity contribution in [1.82, 2.24) is 0 Å². The molecular formula is C18H25NO2. The molecule has 3 heteroatoms. The van der Waals surface area contributed by atoms with E-state index in [1.54, 1.807) is 0 Å². The monoisotopic (exact) mass is 287 g/mol. The highest BCUT2D eigenvalue weighted by molar-refractivity contribution is 5.67. The second-order valence-electron chi connectivity index (χ2n) is 6.86. The van der Waals surface area contributed by atoms with Crippen LogP contribution in [-0.2, 0) is 4.79 Å². The Morgan fingerprint density at radius 1 is 1.24 bits per heavy atom. The maximum Gasteiger partial charge on any atom is 0.305 e. The molecule has 114 valence electrons. The van der Waals surface area contributed by atoms with Crippen molar-refractivity contribution in [1.29, 1.82) is 0 Å². The van der Waals surface area contributed by atoms with Crippen LogP contribution in [0.5, 0.6) is 0 Å². The average molecular weight is 287 g/mol. The van der Waals surface area contributed by atoms with Crippen LogP contribution in [0.2, 0.25) is 0 Å². The first-order valence-electron chi connectivity index (χ1n) is 8.15. The minimum absolute atomic E-state index is 0.217. The summed E-state index contributed by atoms with van der Waals surface area (Å²) in [4.78, 5) is 13.2. The third kappa shape index (κ3) is 3.39. The van der Waals surface area contributed by atoms with Crippen molar-refractivity contribution in [2.45, 2.75) is 39.0 Å². The van der Waals surface area contributed by atoms with Gasteiger partial charge in [0.05, 0.1) is 6.42 Å². The third-order valence-corrected chi connectivity index (χ3v) is 5.33. The molecule has 2 bridgehead atoms. The van der Waals surface area contributed by atoms with Crippen LogP contribution < -0.4 is 4.90 Å². The topological polar surface area (TPSA) is 40.5 Å². The molecule has 1 aromatic rings. The summed E-state index contributed by atoms with van der Waals surface area (Å²) < 4.78 is 0. The first-order chi connectivity index (χ1) is 10.1. The van der Waals surface area contributed by atoms with Crippen molar-refractivity contribution < 1.29 is 9.90 Å². The zero-order valence-corrected chi connectivity index (χ0v) is 12.8. The molecule has 0 amide bonds. The van der Waals surface area contributed by atoms with Crippen molar-refractivity contribution >= 4 is 11.7 Å². The number of carboxylic acid groups (broad SMARTS) is 1. The standard InChI is InChI=1S/C18H25NO2/c1-13-2-6-17(7-3-13)19(9-8-18(20)21)12-16-11-14-4-5-15(16)10-14/h2-3,6-7,14-16H,4-5,8-12H2,1H3,(H,20,21). The smallest absolute Gasteiger partial charge is 0.305 e. The Kier molecular flexibility index (Phi) is 4.18. The van der Waals surface area contributed by atoms with Gasteiger partial charge in [0, 0.05) is 18.8 Å². The SMILES string of the molecule is Cc1ccc(N(CCC(=O)O)CC2CC3CCC2C3)cc1. The highest BCUT2D eigenvalue weighted by Crippen LogP contribution is 2.48. The van der Waals surface area contributed by atoms with E-state index >= 15 is 0 Å². The van der Waals surface area contributed by atoms with Crippen molar-refractivity contribution in [3.8, 4) is 0 Å². The van der Waals surface area contributed by atoms with Gasteiger partial charge in [0.25, 0.3) is 0 Å². The number of hydrogen-bond acceptors (Lipinski definition) is 2. The molecule has 3 nitrogen and oxygen atoms in total. The number of rotatable bonds is 6. The van der Waals surface area contributed by atoms with Gasteiger partial charge in [-0.3, -0.25) is 4.79 Å². The number of benzene rings is 1. The van der Waals surface area contributed by atoms with E-state index in [0.717, 1.165) is 24.3 Å². The molecule has 2 fully saturated rings. The number of fused-ring (bicyclic) bond motifs is 2. The Hall–Kier alpha value is -1.51. The minimum Gasteiger partial charge on any atom is -0.481 e. The summed E-state index contributed by atoms with van der Waals surface area (Å²) in [6.45, 7) is 3.73. The normalized spacial score (nSPS) is 27.0. The summed E-state index contributed by atoms with van der Waals surface area (Å²) in [5, 5.41) is 8.99. The number of carbonyl (C=O) groups is 1. The number of aryl methyl sites for hydroxylation is 1. The lowest BCUT2D eigenvalue weighted by Crippen LogP contribution is -2.33. The molecule has 2 aliphatic carbocycles. The molecule has 1 N–H and O–H groups in total. The van der Waals surface area contributed by atoms with E-state index in [0.29, 0.717) is 6.54 Å². The van der Waals surface area contributed by atoms with Crippen LogP contribution in [0.1, 0.15) is 37.7 Å². The molecule has 2 saturated carbocycles. The second kappa shape index (κ2) is 6.08. The van der Waals surface area contributed by atoms with Gasteiger partial charge in [0.15, 0.2) is 0 Å². The average Bonchev–Trinajstić information content (AvgIpc) is 3.06. The van der Waals surface area contributed by atoms with E-state index in [9.17, 15) is 4.79 Å². The predicted molar refractivity (Wildman–Crippen MR) is 84.6 cm³/mol. The molecule has 0 aromatic heterocycles. The maximum atomic E-state index is 10.9. The molecule has 21 heavy (non-hydrogen) atoms. The largest absolute Gasteiger partial charge is 0.481 e. The van der Waals surface area contributed by atoms with Crippen LogP contribution in [0.15, 0.2) is 24.3 Å². The molecular weight excluding hydrogens is 262 g/mol. The highest BCUT2D eigenvalue weighted by atomic mass is 16.4. The van der Waals surface area contributed by atoms with Crippen LogP contribution in [0.3, 0.4) is 0 Å². The van der Waals surface area contributed by atoms with Crippen molar-refractivity contribution in [3.63, 3.8) is 0 Å². The van der Waals surface area contributed by atoms with Crippen molar-refractivity contribution in [3.05, 3.63) is 29.8 Å². The van der Waals surface area contributed by atoms with E-state index < -0.39 is 5.97 Å². The summed E-state index contributed by atoms with van der Waals surface area (Å²) in [6.07, 6.45) is 5.77. The maximum absolute atomic E-state index is 10.9. The van der Waals surface area contributed by atoms with Gasteiger partial charge in [-0.25, -0.2) is 0 Å². The minimum atomic E-state index is -0.708. The molecule has 3 atom stereocenters. The summed E-state index contributed by atoms with van der Waals surface area (Å²) in [5.74, 6) is 1.88. The van der Waals surface area contributed by atoms with E-state index in [1.165, 1.54) is 36.9 Å². The Morgan fingerprint density at radius 3 is 2.57 bits per heavy atom. The fourth-order valence-electron chi connectivity index (χ4n) is 4.20. The first kappa shape index (κ1) is 14.4. The summed E-state index contributed by atoms with van der Waals surface area (Å²) >= 11 is 0. The van der Waals surface area contributed by atoms with E-state index in [4.69, 9.17) is 5.11 Å². The number of aliphatic carboxylic acids is 1. The molecule has 0 heterocycles. The van der Waals surface area contributed by atoms with Gasteiger partial charge in [-0.1, -0.05) is 24.1 Å². The zero-order chi connectivity index (χ0) is 14.8. The predicted octanol–water partition coefficient (Wildman–Crippen LogP) is 3.71. The molecule has 0 aliphatic heterocycles. The molecule has 3 unspecified atom stereocenters.